The molecule has 0 saturated carbocycles. The molecule has 3 fully saturated rings. The summed E-state index contributed by atoms with van der Waals surface area (Å²) in [5.74, 6) is -5.32. The zero-order valence-corrected chi connectivity index (χ0v) is 31.6. The van der Waals surface area contributed by atoms with Crippen molar-refractivity contribution in [3.8, 4) is 0 Å². The number of fused-ring (bicyclic) bond motifs is 1. The molecule has 54 heavy (non-hydrogen) atoms. The van der Waals surface area contributed by atoms with Crippen molar-refractivity contribution in [1.29, 1.82) is 0 Å². The van der Waals surface area contributed by atoms with E-state index in [0.717, 1.165) is 19.3 Å². The summed E-state index contributed by atoms with van der Waals surface area (Å²) >= 11 is 2.85. The maximum absolute atomic E-state index is 13.0. The number of unbranched alkanes of at least 4 members (excludes halogenated alkanes) is 1. The molecule has 7 atom stereocenters. The van der Waals surface area contributed by atoms with E-state index in [9.17, 15) is 48.3 Å². The second-order valence-corrected chi connectivity index (χ2v) is 15.4. The first-order chi connectivity index (χ1) is 25.7. The van der Waals surface area contributed by atoms with Gasteiger partial charge in [-0.05, 0) is 51.9 Å². The summed E-state index contributed by atoms with van der Waals surface area (Å²) in [6.07, 6.45) is 3.28. The number of hydrogen-bond donors (Lipinski definition) is 10. The van der Waals surface area contributed by atoms with Crippen LogP contribution in [0.5, 0.6) is 0 Å². The fourth-order valence-corrected chi connectivity index (χ4v) is 8.20. The maximum Gasteiger partial charge on any atom is 0.326 e. The maximum atomic E-state index is 13.0. The van der Waals surface area contributed by atoms with Crippen molar-refractivity contribution in [2.45, 2.75) is 106 Å². The topological polar surface area (TPSA) is 300 Å². The van der Waals surface area contributed by atoms with Crippen molar-refractivity contribution >= 4 is 76.9 Å². The number of nitrogens with one attached hydrogen (secondary N) is 8. The summed E-state index contributed by atoms with van der Waals surface area (Å²) in [6, 6.07) is -4.04. The first-order valence-electron chi connectivity index (χ1n) is 17.8. The Kier molecular flexibility index (Phi) is 18.6. The lowest BCUT2D eigenvalue weighted by atomic mass is 10.1. The molecule has 0 spiro atoms. The van der Waals surface area contributed by atoms with Crippen molar-refractivity contribution in [1.82, 2.24) is 42.5 Å². The molecule has 0 aliphatic carbocycles. The summed E-state index contributed by atoms with van der Waals surface area (Å²) in [5.41, 5.74) is -0.120. The van der Waals surface area contributed by atoms with Crippen LogP contribution in [0.3, 0.4) is 0 Å². The average Bonchev–Trinajstić information content (AvgIpc) is 3.68. The summed E-state index contributed by atoms with van der Waals surface area (Å²) in [7, 11) is 0. The molecule has 3 heterocycles. The third-order valence-electron chi connectivity index (χ3n) is 8.66. The average molecular weight is 803 g/mol. The van der Waals surface area contributed by atoms with Crippen LogP contribution in [0.1, 0.15) is 64.7 Å². The van der Waals surface area contributed by atoms with Crippen molar-refractivity contribution in [3.05, 3.63) is 0 Å². The second-order valence-electron chi connectivity index (χ2n) is 13.0. The predicted octanol–water partition coefficient (Wildman–Crippen LogP) is -2.26. The number of thioether (sulfide) groups is 2. The molecule has 0 aromatic heterocycles. The van der Waals surface area contributed by atoms with Crippen LogP contribution in [0.4, 0.5) is 4.79 Å². The minimum Gasteiger partial charge on any atom is -0.480 e. The normalized spacial score (nSPS) is 21.8. The minimum absolute atomic E-state index is 0.0477. The number of carbonyl (C=O) groups excluding carboxylic acids is 7. The van der Waals surface area contributed by atoms with Crippen molar-refractivity contribution in [3.63, 3.8) is 0 Å². The number of carbonyl (C=O) groups is 9. The highest BCUT2D eigenvalue weighted by molar-refractivity contribution is 8.00. The molecule has 302 valence electrons. The number of rotatable bonds is 23. The molecular formula is C32H50N8O12S2. The van der Waals surface area contributed by atoms with E-state index in [0.29, 0.717) is 25.2 Å². The lowest BCUT2D eigenvalue weighted by Gasteiger charge is -2.23. The lowest BCUT2D eigenvalue weighted by molar-refractivity contribution is -0.142. The van der Waals surface area contributed by atoms with Crippen molar-refractivity contribution in [2.75, 3.05) is 37.7 Å². The Labute approximate surface area is 320 Å². The highest BCUT2D eigenvalue weighted by atomic mass is 32.2. The number of hydrogen-bond acceptors (Lipinski definition) is 12. The van der Waals surface area contributed by atoms with E-state index in [4.69, 9.17) is 9.84 Å². The molecule has 3 aliphatic heterocycles. The molecule has 0 aromatic rings. The summed E-state index contributed by atoms with van der Waals surface area (Å²) in [5, 5.41) is 38.5. The third-order valence-corrected chi connectivity index (χ3v) is 11.3. The second kappa shape index (κ2) is 22.8. The number of ether oxygens (including phenoxy) is 1. The summed E-state index contributed by atoms with van der Waals surface area (Å²) in [6.45, 7) is 1.07. The number of carboxylic acids is 2. The molecule has 22 heteroatoms. The van der Waals surface area contributed by atoms with Gasteiger partial charge >= 0.3 is 18.0 Å². The van der Waals surface area contributed by atoms with E-state index in [1.165, 1.54) is 30.4 Å². The zero-order valence-electron chi connectivity index (χ0n) is 29.9. The fraction of sp³-hybridized carbons (Fsp3) is 0.719. The first-order valence-corrected chi connectivity index (χ1v) is 19.9. The smallest absolute Gasteiger partial charge is 0.326 e. The van der Waals surface area contributed by atoms with Gasteiger partial charge in [0.15, 0.2) is 0 Å². The van der Waals surface area contributed by atoms with Crippen molar-refractivity contribution in [2.24, 2.45) is 0 Å². The fourth-order valence-electron chi connectivity index (χ4n) is 5.78. The molecule has 3 saturated heterocycles. The molecule has 7 unspecified atom stereocenters. The predicted molar refractivity (Wildman–Crippen MR) is 195 cm³/mol. The highest BCUT2D eigenvalue weighted by Gasteiger charge is 2.43. The van der Waals surface area contributed by atoms with Gasteiger partial charge in [0.05, 0.1) is 24.4 Å². The van der Waals surface area contributed by atoms with Gasteiger partial charge in [-0.15, -0.1) is 11.8 Å². The molecule has 20 nitrogen and oxygen atoms in total. The van der Waals surface area contributed by atoms with Crippen LogP contribution in [0, 0.1) is 0 Å². The highest BCUT2D eigenvalue weighted by Crippen LogP contribution is 2.32. The Morgan fingerprint density at radius 2 is 1.61 bits per heavy atom. The van der Waals surface area contributed by atoms with Gasteiger partial charge < -0.3 is 57.5 Å². The van der Waals surface area contributed by atoms with Crippen LogP contribution >= 0.6 is 23.5 Å². The number of urea groups is 1. The number of amides is 8. The quantitative estimate of drug-likeness (QED) is 0.0386. The van der Waals surface area contributed by atoms with Gasteiger partial charge in [-0.1, -0.05) is 0 Å². The largest absolute Gasteiger partial charge is 0.480 e. The molecule has 3 rings (SSSR count). The molecule has 10 N–H and O–H groups in total. The Bertz CT molecular complexity index is 1380. The zero-order chi connectivity index (χ0) is 39.6. The standard InChI is InChI=1S/C32H50N8O12S2/c1-17(29(47)35-14-26(45)46)36-30(48)18(37-25(44)16-54-27-7-3-5-11-52-27)6-2-4-10-33-22(41)9-8-19(31(49)50)38-24(43)13-34-23(42)12-21-28-20(15-53-21)39-32(51)40-28/h17-21,27-28H,2-16H2,1H3,(H,33,41)(H,34,42)(H,35,47)(H,36,48)(H,37,44)(H,38,43)(H,45,46)(H,49,50)(H2,39,40,51). The summed E-state index contributed by atoms with van der Waals surface area (Å²) < 4.78 is 5.63. The van der Waals surface area contributed by atoms with Crippen LogP contribution in [0.15, 0.2) is 0 Å². The van der Waals surface area contributed by atoms with E-state index >= 15 is 0 Å². The number of aliphatic carboxylic acids is 2. The van der Waals surface area contributed by atoms with Crippen LogP contribution < -0.4 is 42.5 Å². The van der Waals surface area contributed by atoms with E-state index in [1.807, 2.05) is 0 Å². The van der Waals surface area contributed by atoms with Crippen molar-refractivity contribution < 1.29 is 58.1 Å². The van der Waals surface area contributed by atoms with Gasteiger partial charge in [0.1, 0.15) is 30.1 Å². The lowest BCUT2D eigenvalue weighted by Crippen LogP contribution is -2.53. The van der Waals surface area contributed by atoms with Gasteiger partial charge in [-0.3, -0.25) is 33.6 Å². The van der Waals surface area contributed by atoms with Gasteiger partial charge in [-0.2, -0.15) is 11.8 Å². The Balaban J connectivity index is 1.37. The Hall–Kier alpha value is -4.31. The van der Waals surface area contributed by atoms with E-state index < -0.39 is 78.6 Å². The van der Waals surface area contributed by atoms with Gasteiger partial charge in [0.2, 0.25) is 35.4 Å². The van der Waals surface area contributed by atoms with E-state index in [2.05, 4.69) is 42.5 Å². The molecule has 8 amide bonds. The molecular weight excluding hydrogens is 753 g/mol. The minimum atomic E-state index is -1.38. The van der Waals surface area contributed by atoms with E-state index in [-0.39, 0.29) is 66.8 Å². The van der Waals surface area contributed by atoms with Gasteiger partial charge in [0, 0.05) is 37.0 Å². The van der Waals surface area contributed by atoms with Crippen LogP contribution in [0.25, 0.3) is 0 Å². The van der Waals surface area contributed by atoms with Crippen LogP contribution in [-0.2, 0) is 43.1 Å². The van der Waals surface area contributed by atoms with Gasteiger partial charge in [-0.25, -0.2) is 9.59 Å². The first kappa shape index (κ1) is 44.1. The monoisotopic (exact) mass is 802 g/mol. The van der Waals surface area contributed by atoms with Crippen LogP contribution in [-0.4, -0.2) is 142 Å². The SMILES string of the molecule is CC(NC(=O)C(CCCCNC(=O)CCC(NC(=O)CNC(=O)CC1SCC2NC(=O)NC21)C(=O)O)NC(=O)CSC1CCCCO1)C(=O)NCC(=O)O. The number of carboxylic acid groups (broad SMARTS) is 2. The Morgan fingerprint density at radius 1 is 0.852 bits per heavy atom. The van der Waals surface area contributed by atoms with Crippen LogP contribution in [0.2, 0.25) is 0 Å². The molecule has 3 aliphatic rings. The summed E-state index contributed by atoms with van der Waals surface area (Å²) in [4.78, 5) is 109. The third kappa shape index (κ3) is 16.0. The Morgan fingerprint density at radius 3 is 2.31 bits per heavy atom. The van der Waals surface area contributed by atoms with E-state index in [1.54, 1.807) is 0 Å². The molecule has 0 radical (unpaired) electrons. The molecule has 0 aromatic carbocycles. The van der Waals surface area contributed by atoms with Gasteiger partial charge in [0.25, 0.3) is 0 Å². The molecule has 0 bridgehead atoms.